The number of hydrogen-bond donors (Lipinski definition) is 2. The lowest BCUT2D eigenvalue weighted by atomic mass is 10.1. The molecule has 17 heavy (non-hydrogen) atoms. The number of carbonyl (C=O) groups is 2. The van der Waals surface area contributed by atoms with E-state index < -0.39 is 11.9 Å². The Kier molecular flexibility index (Phi) is 4.66. The number of nitrogens with zero attached hydrogens (tertiary/aromatic N) is 1. The molecule has 0 fully saturated rings. The van der Waals surface area contributed by atoms with E-state index in [1.165, 1.54) is 6.07 Å². The van der Waals surface area contributed by atoms with E-state index in [0.717, 1.165) is 5.56 Å². The van der Waals surface area contributed by atoms with Crippen LogP contribution in [-0.4, -0.2) is 40.6 Å². The molecule has 0 heterocycles. The summed E-state index contributed by atoms with van der Waals surface area (Å²) in [5.41, 5.74) is 1.10. The van der Waals surface area contributed by atoms with Crippen molar-refractivity contribution in [3.8, 4) is 0 Å². The smallest absolute Gasteiger partial charge is 0.335 e. The average molecular weight is 237 g/mol. The highest BCUT2D eigenvalue weighted by molar-refractivity contribution is 5.87. The molecule has 0 radical (unpaired) electrons. The van der Waals surface area contributed by atoms with Crippen molar-refractivity contribution in [1.29, 1.82) is 0 Å². The monoisotopic (exact) mass is 237 g/mol. The zero-order valence-electron chi connectivity index (χ0n) is 9.59. The molecular weight excluding hydrogens is 222 g/mol. The summed E-state index contributed by atoms with van der Waals surface area (Å²) in [4.78, 5) is 23.0. The van der Waals surface area contributed by atoms with Gasteiger partial charge in [0.2, 0.25) is 0 Å². The van der Waals surface area contributed by atoms with Crippen molar-refractivity contribution >= 4 is 11.9 Å². The fourth-order valence-electron chi connectivity index (χ4n) is 1.48. The fourth-order valence-corrected chi connectivity index (χ4v) is 1.48. The van der Waals surface area contributed by atoms with Crippen molar-refractivity contribution in [1.82, 2.24) is 4.90 Å². The average Bonchev–Trinajstić information content (AvgIpc) is 2.26. The third-order valence-electron chi connectivity index (χ3n) is 2.33. The summed E-state index contributed by atoms with van der Waals surface area (Å²) in [6, 6.07) is 6.64. The molecule has 0 spiro atoms. The Labute approximate surface area is 99.3 Å². The first kappa shape index (κ1) is 13.2. The van der Waals surface area contributed by atoms with E-state index in [2.05, 4.69) is 0 Å². The maximum atomic E-state index is 10.8. The molecule has 0 atom stereocenters. The lowest BCUT2D eigenvalue weighted by Gasteiger charge is -2.15. The number of aliphatic carboxylic acids is 1. The Morgan fingerprint density at radius 1 is 1.29 bits per heavy atom. The van der Waals surface area contributed by atoms with Crippen molar-refractivity contribution in [3.05, 3.63) is 35.4 Å². The van der Waals surface area contributed by atoms with Gasteiger partial charge in [0.1, 0.15) is 0 Å². The Bertz CT molecular complexity index is 417. The van der Waals surface area contributed by atoms with Crippen LogP contribution in [0.15, 0.2) is 24.3 Å². The van der Waals surface area contributed by atoms with Crippen LogP contribution in [0.2, 0.25) is 0 Å². The van der Waals surface area contributed by atoms with Gasteiger partial charge in [-0.2, -0.15) is 0 Å². The van der Waals surface area contributed by atoms with Gasteiger partial charge in [-0.15, -0.1) is 0 Å². The van der Waals surface area contributed by atoms with Crippen molar-refractivity contribution in [2.45, 2.75) is 13.0 Å². The molecule has 5 heteroatoms. The van der Waals surface area contributed by atoms with Crippen LogP contribution < -0.4 is 0 Å². The second kappa shape index (κ2) is 6.00. The number of carboxylic acids is 2. The second-order valence-corrected chi connectivity index (χ2v) is 3.89. The van der Waals surface area contributed by atoms with Gasteiger partial charge in [0.15, 0.2) is 0 Å². The van der Waals surface area contributed by atoms with E-state index in [4.69, 9.17) is 10.2 Å². The van der Waals surface area contributed by atoms with E-state index in [-0.39, 0.29) is 12.0 Å². The maximum absolute atomic E-state index is 10.8. The minimum atomic E-state index is -0.958. The SMILES string of the molecule is CN(CCC(=O)O)Cc1cccc(C(=O)O)c1. The van der Waals surface area contributed by atoms with Crippen LogP contribution in [0.5, 0.6) is 0 Å². The first-order valence-electron chi connectivity index (χ1n) is 5.21. The summed E-state index contributed by atoms with van der Waals surface area (Å²) in [6.45, 7) is 0.973. The Hall–Kier alpha value is -1.88. The Balaban J connectivity index is 2.58. The van der Waals surface area contributed by atoms with Gasteiger partial charge in [0.25, 0.3) is 0 Å². The standard InChI is InChI=1S/C12H15NO4/c1-13(6-5-11(14)15)8-9-3-2-4-10(7-9)12(16)17/h2-4,7H,5-6,8H2,1H3,(H,14,15)(H,16,17). The summed E-state index contributed by atoms with van der Waals surface area (Å²) < 4.78 is 0. The molecule has 0 saturated carbocycles. The van der Waals surface area contributed by atoms with E-state index in [1.54, 1.807) is 19.2 Å². The van der Waals surface area contributed by atoms with Crippen LogP contribution in [0.3, 0.4) is 0 Å². The van der Waals surface area contributed by atoms with Gasteiger partial charge in [0, 0.05) is 13.1 Å². The topological polar surface area (TPSA) is 77.8 Å². The highest BCUT2D eigenvalue weighted by atomic mass is 16.4. The molecule has 92 valence electrons. The molecule has 1 rings (SSSR count). The molecule has 0 aromatic heterocycles. The molecule has 0 saturated heterocycles. The molecule has 2 N–H and O–H groups in total. The summed E-state index contributed by atoms with van der Waals surface area (Å²) in [5.74, 6) is -1.80. The first-order valence-corrected chi connectivity index (χ1v) is 5.21. The van der Waals surface area contributed by atoms with Gasteiger partial charge in [-0.25, -0.2) is 4.79 Å². The molecule has 0 aliphatic carbocycles. The van der Waals surface area contributed by atoms with Gasteiger partial charge in [-0.05, 0) is 24.7 Å². The molecule has 0 aliphatic heterocycles. The summed E-state index contributed by atoms with van der Waals surface area (Å²) in [5, 5.41) is 17.4. The largest absolute Gasteiger partial charge is 0.481 e. The fraction of sp³-hybridized carbons (Fsp3) is 0.333. The lowest BCUT2D eigenvalue weighted by molar-refractivity contribution is -0.137. The molecule has 1 aromatic rings. The first-order chi connectivity index (χ1) is 7.99. The third-order valence-corrected chi connectivity index (χ3v) is 2.33. The van der Waals surface area contributed by atoms with Crippen LogP contribution in [0, 0.1) is 0 Å². The van der Waals surface area contributed by atoms with Gasteiger partial charge >= 0.3 is 11.9 Å². The van der Waals surface area contributed by atoms with Crippen molar-refractivity contribution in [2.24, 2.45) is 0 Å². The van der Waals surface area contributed by atoms with Gasteiger partial charge in [-0.3, -0.25) is 4.79 Å². The van der Waals surface area contributed by atoms with Gasteiger partial charge < -0.3 is 15.1 Å². The van der Waals surface area contributed by atoms with Crippen LogP contribution in [0.4, 0.5) is 0 Å². The summed E-state index contributed by atoms with van der Waals surface area (Å²) >= 11 is 0. The van der Waals surface area contributed by atoms with Crippen molar-refractivity contribution in [3.63, 3.8) is 0 Å². The number of benzene rings is 1. The second-order valence-electron chi connectivity index (χ2n) is 3.89. The zero-order chi connectivity index (χ0) is 12.8. The molecular formula is C12H15NO4. The Morgan fingerprint density at radius 3 is 2.59 bits per heavy atom. The van der Waals surface area contributed by atoms with Crippen LogP contribution >= 0.6 is 0 Å². The third kappa shape index (κ3) is 4.65. The van der Waals surface area contributed by atoms with Gasteiger partial charge in [-0.1, -0.05) is 12.1 Å². The quantitative estimate of drug-likeness (QED) is 0.779. The highest BCUT2D eigenvalue weighted by Crippen LogP contribution is 2.08. The van der Waals surface area contributed by atoms with Crippen LogP contribution in [0.25, 0.3) is 0 Å². The predicted octanol–water partition coefficient (Wildman–Crippen LogP) is 1.29. The number of carboxylic acid groups (broad SMARTS) is 2. The maximum Gasteiger partial charge on any atom is 0.335 e. The van der Waals surface area contributed by atoms with Crippen molar-refractivity contribution in [2.75, 3.05) is 13.6 Å². The van der Waals surface area contributed by atoms with Crippen LogP contribution in [-0.2, 0) is 11.3 Å². The molecule has 1 aromatic carbocycles. The summed E-state index contributed by atoms with van der Waals surface area (Å²) in [6.07, 6.45) is 0.0785. The molecule has 0 amide bonds. The molecule has 0 unspecified atom stereocenters. The van der Waals surface area contributed by atoms with E-state index in [9.17, 15) is 9.59 Å². The van der Waals surface area contributed by atoms with E-state index in [1.807, 2.05) is 11.0 Å². The number of aromatic carboxylic acids is 1. The molecule has 0 aliphatic rings. The minimum absolute atomic E-state index is 0.0785. The number of rotatable bonds is 6. The lowest BCUT2D eigenvalue weighted by Crippen LogP contribution is -2.21. The van der Waals surface area contributed by atoms with Crippen LogP contribution in [0.1, 0.15) is 22.3 Å². The van der Waals surface area contributed by atoms with E-state index in [0.29, 0.717) is 13.1 Å². The molecule has 5 nitrogen and oxygen atoms in total. The number of hydrogen-bond acceptors (Lipinski definition) is 3. The van der Waals surface area contributed by atoms with Crippen molar-refractivity contribution < 1.29 is 19.8 Å². The highest BCUT2D eigenvalue weighted by Gasteiger charge is 2.06. The minimum Gasteiger partial charge on any atom is -0.481 e. The predicted molar refractivity (Wildman–Crippen MR) is 62.0 cm³/mol. The normalized spacial score (nSPS) is 10.5. The zero-order valence-corrected chi connectivity index (χ0v) is 9.59. The van der Waals surface area contributed by atoms with E-state index >= 15 is 0 Å². The van der Waals surface area contributed by atoms with Gasteiger partial charge in [0.05, 0.1) is 12.0 Å². The molecule has 0 bridgehead atoms. The summed E-state index contributed by atoms with van der Waals surface area (Å²) in [7, 11) is 1.80. The Morgan fingerprint density at radius 2 is 2.00 bits per heavy atom.